The molecule has 88 valence electrons. The largest absolute Gasteiger partial charge is 0.352 e. The van der Waals surface area contributed by atoms with Crippen LogP contribution >= 0.6 is 11.3 Å². The van der Waals surface area contributed by atoms with Crippen molar-refractivity contribution < 1.29 is 4.79 Å². The molecule has 2 aromatic rings. The maximum absolute atomic E-state index is 11.3. The van der Waals surface area contributed by atoms with Crippen LogP contribution in [0.3, 0.4) is 0 Å². The number of rotatable bonds is 4. The van der Waals surface area contributed by atoms with Crippen LogP contribution in [0.4, 0.5) is 0 Å². The number of aromatic nitrogens is 1. The molecular formula is C13H14N2OS. The molecule has 2 heterocycles. The Morgan fingerprint density at radius 1 is 1.41 bits per heavy atom. The van der Waals surface area contributed by atoms with Crippen LogP contribution in [0.25, 0.3) is 10.6 Å². The number of pyridine rings is 1. The average molecular weight is 246 g/mol. The maximum atomic E-state index is 11.3. The highest BCUT2D eigenvalue weighted by molar-refractivity contribution is 7.13. The molecule has 1 N–H and O–H groups in total. The second kappa shape index (κ2) is 5.59. The molecule has 3 nitrogen and oxygen atoms in total. The Bertz CT molecular complexity index is 494. The Morgan fingerprint density at radius 2 is 2.29 bits per heavy atom. The van der Waals surface area contributed by atoms with Crippen molar-refractivity contribution in [2.75, 3.05) is 0 Å². The van der Waals surface area contributed by atoms with Crippen molar-refractivity contribution in [1.82, 2.24) is 10.3 Å². The van der Waals surface area contributed by atoms with E-state index in [0.29, 0.717) is 13.0 Å². The van der Waals surface area contributed by atoms with Crippen LogP contribution in [-0.2, 0) is 11.3 Å². The zero-order valence-electron chi connectivity index (χ0n) is 9.64. The summed E-state index contributed by atoms with van der Waals surface area (Å²) in [6.07, 6.45) is 2.29. The van der Waals surface area contributed by atoms with E-state index >= 15 is 0 Å². The van der Waals surface area contributed by atoms with Crippen LogP contribution in [0.15, 0.2) is 35.8 Å². The lowest BCUT2D eigenvalue weighted by Gasteiger charge is -2.07. The monoisotopic (exact) mass is 246 g/mol. The van der Waals surface area contributed by atoms with Gasteiger partial charge >= 0.3 is 0 Å². The van der Waals surface area contributed by atoms with Crippen molar-refractivity contribution in [2.24, 2.45) is 0 Å². The van der Waals surface area contributed by atoms with E-state index in [2.05, 4.69) is 10.3 Å². The number of carbonyl (C=O) groups excluding carboxylic acids is 1. The molecule has 0 radical (unpaired) electrons. The predicted octanol–water partition coefficient (Wildman–Crippen LogP) is 2.84. The highest BCUT2D eigenvalue weighted by Crippen LogP contribution is 2.25. The standard InChI is InChI=1S/C13H14N2OS/c1-2-12(16)15-9-10-5-3-7-14-13(10)11-6-4-8-17-11/h3-8H,2,9H2,1H3,(H,15,16). The molecule has 0 aliphatic rings. The van der Waals surface area contributed by atoms with E-state index in [4.69, 9.17) is 0 Å². The van der Waals surface area contributed by atoms with Gasteiger partial charge in [-0.3, -0.25) is 9.78 Å². The van der Waals surface area contributed by atoms with Gasteiger partial charge in [-0.1, -0.05) is 19.1 Å². The fourth-order valence-electron chi connectivity index (χ4n) is 1.54. The van der Waals surface area contributed by atoms with Crippen molar-refractivity contribution in [2.45, 2.75) is 19.9 Å². The third-order valence-corrected chi connectivity index (χ3v) is 3.32. The summed E-state index contributed by atoms with van der Waals surface area (Å²) in [5.41, 5.74) is 2.01. The molecule has 1 amide bonds. The number of hydrogen-bond donors (Lipinski definition) is 1. The first-order chi connectivity index (χ1) is 8.31. The molecule has 0 atom stereocenters. The van der Waals surface area contributed by atoms with E-state index in [-0.39, 0.29) is 5.91 Å². The molecule has 0 fully saturated rings. The smallest absolute Gasteiger partial charge is 0.219 e. The van der Waals surface area contributed by atoms with Gasteiger partial charge in [-0.2, -0.15) is 0 Å². The molecule has 0 aliphatic carbocycles. The molecule has 0 saturated carbocycles. The van der Waals surface area contributed by atoms with Gasteiger partial charge in [0.15, 0.2) is 0 Å². The number of nitrogens with zero attached hydrogens (tertiary/aromatic N) is 1. The molecule has 0 unspecified atom stereocenters. The number of nitrogens with one attached hydrogen (secondary N) is 1. The van der Waals surface area contributed by atoms with Gasteiger partial charge < -0.3 is 5.32 Å². The van der Waals surface area contributed by atoms with Gasteiger partial charge in [0.25, 0.3) is 0 Å². The Morgan fingerprint density at radius 3 is 3.00 bits per heavy atom. The van der Waals surface area contributed by atoms with Gasteiger partial charge in [-0.25, -0.2) is 0 Å². The lowest BCUT2D eigenvalue weighted by molar-refractivity contribution is -0.120. The van der Waals surface area contributed by atoms with Gasteiger partial charge in [0.05, 0.1) is 10.6 Å². The fourth-order valence-corrected chi connectivity index (χ4v) is 2.29. The van der Waals surface area contributed by atoms with Crippen molar-refractivity contribution in [1.29, 1.82) is 0 Å². The van der Waals surface area contributed by atoms with Gasteiger partial charge in [0, 0.05) is 19.2 Å². The summed E-state index contributed by atoms with van der Waals surface area (Å²) in [7, 11) is 0. The van der Waals surface area contributed by atoms with Crippen molar-refractivity contribution in [3.63, 3.8) is 0 Å². The van der Waals surface area contributed by atoms with E-state index in [0.717, 1.165) is 16.1 Å². The third-order valence-electron chi connectivity index (χ3n) is 2.44. The van der Waals surface area contributed by atoms with E-state index < -0.39 is 0 Å². The first-order valence-corrected chi connectivity index (χ1v) is 6.43. The second-order valence-electron chi connectivity index (χ2n) is 3.62. The molecule has 0 saturated heterocycles. The van der Waals surface area contributed by atoms with Crippen LogP contribution in [0.5, 0.6) is 0 Å². The molecule has 2 aromatic heterocycles. The lowest BCUT2D eigenvalue weighted by atomic mass is 10.1. The lowest BCUT2D eigenvalue weighted by Crippen LogP contribution is -2.21. The zero-order valence-corrected chi connectivity index (χ0v) is 10.5. The Labute approximate surface area is 105 Å². The highest BCUT2D eigenvalue weighted by Gasteiger charge is 2.07. The molecule has 0 spiro atoms. The maximum Gasteiger partial charge on any atom is 0.219 e. The normalized spacial score (nSPS) is 10.2. The molecule has 2 rings (SSSR count). The van der Waals surface area contributed by atoms with Crippen LogP contribution in [0, 0.1) is 0 Å². The minimum atomic E-state index is 0.0611. The highest BCUT2D eigenvalue weighted by atomic mass is 32.1. The molecule has 17 heavy (non-hydrogen) atoms. The third kappa shape index (κ3) is 2.91. The minimum absolute atomic E-state index is 0.0611. The topological polar surface area (TPSA) is 42.0 Å². The SMILES string of the molecule is CCC(=O)NCc1cccnc1-c1cccs1. The first-order valence-electron chi connectivity index (χ1n) is 5.55. The van der Waals surface area contributed by atoms with Gasteiger partial charge in [0.2, 0.25) is 5.91 Å². The number of thiophene rings is 1. The summed E-state index contributed by atoms with van der Waals surface area (Å²) in [5, 5.41) is 4.90. The summed E-state index contributed by atoms with van der Waals surface area (Å²) in [6.45, 7) is 2.38. The van der Waals surface area contributed by atoms with Crippen molar-refractivity contribution in [3.8, 4) is 10.6 Å². The predicted molar refractivity (Wildman–Crippen MR) is 69.7 cm³/mol. The van der Waals surface area contributed by atoms with E-state index in [1.165, 1.54) is 0 Å². The summed E-state index contributed by atoms with van der Waals surface area (Å²) in [4.78, 5) is 16.8. The van der Waals surface area contributed by atoms with Crippen LogP contribution in [0.2, 0.25) is 0 Å². The number of carbonyl (C=O) groups is 1. The van der Waals surface area contributed by atoms with Crippen molar-refractivity contribution >= 4 is 17.2 Å². The average Bonchev–Trinajstić information content (AvgIpc) is 2.90. The zero-order chi connectivity index (χ0) is 12.1. The van der Waals surface area contributed by atoms with Gasteiger partial charge in [-0.05, 0) is 23.1 Å². The Kier molecular flexibility index (Phi) is 3.88. The van der Waals surface area contributed by atoms with Crippen LogP contribution in [0.1, 0.15) is 18.9 Å². The summed E-state index contributed by atoms with van der Waals surface area (Å²) in [6, 6.07) is 7.93. The second-order valence-corrected chi connectivity index (χ2v) is 4.57. The molecule has 0 aromatic carbocycles. The minimum Gasteiger partial charge on any atom is -0.352 e. The van der Waals surface area contributed by atoms with Gasteiger partial charge in [0.1, 0.15) is 0 Å². The van der Waals surface area contributed by atoms with Crippen molar-refractivity contribution in [3.05, 3.63) is 41.4 Å². The quantitative estimate of drug-likeness (QED) is 0.901. The summed E-state index contributed by atoms with van der Waals surface area (Å²) >= 11 is 1.65. The Hall–Kier alpha value is -1.68. The van der Waals surface area contributed by atoms with Crippen LogP contribution in [-0.4, -0.2) is 10.9 Å². The molecule has 0 aliphatic heterocycles. The molecular weight excluding hydrogens is 232 g/mol. The summed E-state index contributed by atoms with van der Waals surface area (Å²) in [5.74, 6) is 0.0611. The number of hydrogen-bond acceptors (Lipinski definition) is 3. The fraction of sp³-hybridized carbons (Fsp3) is 0.231. The summed E-state index contributed by atoms with van der Waals surface area (Å²) < 4.78 is 0. The Balaban J connectivity index is 2.20. The number of amides is 1. The van der Waals surface area contributed by atoms with Crippen LogP contribution < -0.4 is 5.32 Å². The van der Waals surface area contributed by atoms with E-state index in [1.54, 1.807) is 17.5 Å². The van der Waals surface area contributed by atoms with E-state index in [9.17, 15) is 4.79 Å². The van der Waals surface area contributed by atoms with E-state index in [1.807, 2.05) is 36.6 Å². The molecule has 0 bridgehead atoms. The van der Waals surface area contributed by atoms with Gasteiger partial charge in [-0.15, -0.1) is 11.3 Å². The first kappa shape index (κ1) is 11.8. The molecule has 4 heteroatoms.